The Labute approximate surface area is 83.2 Å². The van der Waals surface area contributed by atoms with Crippen molar-refractivity contribution in [2.45, 2.75) is 45.1 Å². The second-order valence-electron chi connectivity index (χ2n) is 3.79. The molecule has 0 radical (unpaired) electrons. The van der Waals surface area contributed by atoms with Crippen LogP contribution in [0.2, 0.25) is 0 Å². The molecule has 0 amide bonds. The Morgan fingerprint density at radius 3 is 2.57 bits per heavy atom. The molecule has 0 saturated heterocycles. The number of hydrogen-bond donors (Lipinski definition) is 1. The minimum atomic E-state index is -0.811. The highest BCUT2D eigenvalue weighted by molar-refractivity contribution is 5.68. The SMILES string of the molecule is CC(=O)O[C@H]1CCCC[C@H]1CC(=O)O. The van der Waals surface area contributed by atoms with E-state index in [0.29, 0.717) is 0 Å². The van der Waals surface area contributed by atoms with Crippen LogP contribution in [0.25, 0.3) is 0 Å². The van der Waals surface area contributed by atoms with E-state index in [4.69, 9.17) is 9.84 Å². The average molecular weight is 200 g/mol. The number of hydrogen-bond acceptors (Lipinski definition) is 3. The molecule has 2 atom stereocenters. The zero-order chi connectivity index (χ0) is 10.6. The lowest BCUT2D eigenvalue weighted by molar-refractivity contribution is -0.154. The van der Waals surface area contributed by atoms with Crippen LogP contribution in [-0.2, 0) is 14.3 Å². The second kappa shape index (κ2) is 4.98. The molecular formula is C10H16O4. The summed E-state index contributed by atoms with van der Waals surface area (Å²) in [6.45, 7) is 1.37. The third kappa shape index (κ3) is 3.36. The van der Waals surface area contributed by atoms with Gasteiger partial charge in [-0.2, -0.15) is 0 Å². The molecule has 1 aliphatic rings. The molecule has 0 unspecified atom stereocenters. The van der Waals surface area contributed by atoms with Crippen molar-refractivity contribution >= 4 is 11.9 Å². The van der Waals surface area contributed by atoms with Crippen LogP contribution in [-0.4, -0.2) is 23.1 Å². The molecule has 1 N–H and O–H groups in total. The van der Waals surface area contributed by atoms with E-state index in [1.807, 2.05) is 0 Å². The lowest BCUT2D eigenvalue weighted by Gasteiger charge is -2.29. The molecule has 14 heavy (non-hydrogen) atoms. The Morgan fingerprint density at radius 1 is 1.36 bits per heavy atom. The quantitative estimate of drug-likeness (QED) is 0.702. The van der Waals surface area contributed by atoms with E-state index in [9.17, 15) is 9.59 Å². The van der Waals surface area contributed by atoms with Gasteiger partial charge in [-0.15, -0.1) is 0 Å². The molecule has 0 aromatic heterocycles. The van der Waals surface area contributed by atoms with Crippen LogP contribution in [0.5, 0.6) is 0 Å². The third-order valence-corrected chi connectivity index (χ3v) is 2.59. The fraction of sp³-hybridized carbons (Fsp3) is 0.800. The molecule has 0 heterocycles. The minimum Gasteiger partial charge on any atom is -0.481 e. The van der Waals surface area contributed by atoms with Crippen molar-refractivity contribution in [3.05, 3.63) is 0 Å². The number of carbonyl (C=O) groups is 2. The number of esters is 1. The molecule has 1 fully saturated rings. The topological polar surface area (TPSA) is 63.6 Å². The van der Waals surface area contributed by atoms with Gasteiger partial charge in [-0.3, -0.25) is 9.59 Å². The Bertz CT molecular complexity index is 200. The molecule has 4 nitrogen and oxygen atoms in total. The molecule has 0 aliphatic heterocycles. The Morgan fingerprint density at radius 2 is 2.00 bits per heavy atom. The van der Waals surface area contributed by atoms with E-state index in [1.54, 1.807) is 0 Å². The number of rotatable bonds is 3. The predicted octanol–water partition coefficient (Wildman–Crippen LogP) is 1.58. The first kappa shape index (κ1) is 11.0. The molecule has 1 aliphatic carbocycles. The van der Waals surface area contributed by atoms with Crippen molar-refractivity contribution in [1.29, 1.82) is 0 Å². The predicted molar refractivity (Wildman–Crippen MR) is 49.8 cm³/mol. The average Bonchev–Trinajstić information content (AvgIpc) is 2.06. The number of aliphatic carboxylic acids is 1. The molecule has 4 heteroatoms. The maximum Gasteiger partial charge on any atom is 0.303 e. The zero-order valence-electron chi connectivity index (χ0n) is 8.36. The van der Waals surface area contributed by atoms with Gasteiger partial charge in [0.1, 0.15) is 6.10 Å². The van der Waals surface area contributed by atoms with E-state index in [1.165, 1.54) is 6.92 Å². The van der Waals surface area contributed by atoms with Gasteiger partial charge in [-0.1, -0.05) is 6.42 Å². The number of carbonyl (C=O) groups excluding carboxylic acids is 1. The van der Waals surface area contributed by atoms with Gasteiger partial charge in [-0.05, 0) is 19.3 Å². The number of carboxylic acid groups (broad SMARTS) is 1. The molecule has 0 aromatic rings. The summed E-state index contributed by atoms with van der Waals surface area (Å²) in [7, 11) is 0. The maximum atomic E-state index is 10.8. The lowest BCUT2D eigenvalue weighted by Crippen LogP contribution is -2.30. The monoisotopic (exact) mass is 200 g/mol. The third-order valence-electron chi connectivity index (χ3n) is 2.59. The van der Waals surface area contributed by atoms with Gasteiger partial charge < -0.3 is 9.84 Å². The Kier molecular flexibility index (Phi) is 3.92. The summed E-state index contributed by atoms with van der Waals surface area (Å²) in [5, 5.41) is 8.68. The Balaban J connectivity index is 2.49. The molecule has 0 spiro atoms. The standard InChI is InChI=1S/C10H16O4/c1-7(11)14-9-5-3-2-4-8(9)6-10(12)13/h8-9H,2-6H2,1H3,(H,12,13)/t8-,9-/m0/s1. The summed E-state index contributed by atoms with van der Waals surface area (Å²) in [4.78, 5) is 21.3. The van der Waals surface area contributed by atoms with E-state index in [0.717, 1.165) is 25.7 Å². The van der Waals surface area contributed by atoms with Crippen molar-refractivity contribution in [3.8, 4) is 0 Å². The lowest BCUT2D eigenvalue weighted by atomic mass is 9.84. The molecule has 0 aromatic carbocycles. The highest BCUT2D eigenvalue weighted by Crippen LogP contribution is 2.29. The van der Waals surface area contributed by atoms with Gasteiger partial charge in [-0.25, -0.2) is 0 Å². The highest BCUT2D eigenvalue weighted by atomic mass is 16.5. The fourth-order valence-electron chi connectivity index (χ4n) is 2.00. The summed E-state index contributed by atoms with van der Waals surface area (Å²) >= 11 is 0. The van der Waals surface area contributed by atoms with E-state index in [2.05, 4.69) is 0 Å². The van der Waals surface area contributed by atoms with Gasteiger partial charge in [0.25, 0.3) is 0 Å². The van der Waals surface area contributed by atoms with Crippen LogP contribution in [0.1, 0.15) is 39.0 Å². The molecule has 1 saturated carbocycles. The first-order valence-electron chi connectivity index (χ1n) is 4.98. The van der Waals surface area contributed by atoms with Crippen LogP contribution in [0.4, 0.5) is 0 Å². The van der Waals surface area contributed by atoms with E-state index >= 15 is 0 Å². The van der Waals surface area contributed by atoms with Crippen LogP contribution >= 0.6 is 0 Å². The van der Waals surface area contributed by atoms with Crippen molar-refractivity contribution < 1.29 is 19.4 Å². The van der Waals surface area contributed by atoms with Gasteiger partial charge in [0.15, 0.2) is 0 Å². The first-order valence-corrected chi connectivity index (χ1v) is 4.98. The first-order chi connectivity index (χ1) is 6.59. The van der Waals surface area contributed by atoms with Crippen molar-refractivity contribution in [3.63, 3.8) is 0 Å². The van der Waals surface area contributed by atoms with E-state index in [-0.39, 0.29) is 24.4 Å². The normalized spacial score (nSPS) is 26.9. The molecule has 0 bridgehead atoms. The number of ether oxygens (including phenoxy) is 1. The smallest absolute Gasteiger partial charge is 0.303 e. The van der Waals surface area contributed by atoms with Gasteiger partial charge in [0.05, 0.1) is 6.42 Å². The van der Waals surface area contributed by atoms with Crippen LogP contribution in [0.3, 0.4) is 0 Å². The van der Waals surface area contributed by atoms with Crippen molar-refractivity contribution in [2.75, 3.05) is 0 Å². The fourth-order valence-corrected chi connectivity index (χ4v) is 2.00. The van der Waals surface area contributed by atoms with E-state index < -0.39 is 5.97 Å². The summed E-state index contributed by atoms with van der Waals surface area (Å²) in [6.07, 6.45) is 3.64. The van der Waals surface area contributed by atoms with Gasteiger partial charge >= 0.3 is 11.9 Å². The minimum absolute atomic E-state index is 0.00477. The van der Waals surface area contributed by atoms with Gasteiger partial charge in [0, 0.05) is 12.8 Å². The molecule has 1 rings (SSSR count). The zero-order valence-corrected chi connectivity index (χ0v) is 8.36. The highest BCUT2D eigenvalue weighted by Gasteiger charge is 2.29. The number of carboxylic acids is 1. The summed E-state index contributed by atoms with van der Waals surface area (Å²) < 4.78 is 5.10. The molecule has 80 valence electrons. The largest absolute Gasteiger partial charge is 0.481 e. The van der Waals surface area contributed by atoms with Crippen LogP contribution in [0, 0.1) is 5.92 Å². The summed E-state index contributed by atoms with van der Waals surface area (Å²) in [5.74, 6) is -1.12. The Hall–Kier alpha value is -1.06. The summed E-state index contributed by atoms with van der Waals surface area (Å²) in [6, 6.07) is 0. The second-order valence-corrected chi connectivity index (χ2v) is 3.79. The summed E-state index contributed by atoms with van der Waals surface area (Å²) in [5.41, 5.74) is 0. The maximum absolute atomic E-state index is 10.8. The van der Waals surface area contributed by atoms with Crippen LogP contribution in [0.15, 0.2) is 0 Å². The van der Waals surface area contributed by atoms with Crippen molar-refractivity contribution in [2.24, 2.45) is 5.92 Å². The van der Waals surface area contributed by atoms with Crippen molar-refractivity contribution in [1.82, 2.24) is 0 Å². The molecular weight excluding hydrogens is 184 g/mol. The van der Waals surface area contributed by atoms with Crippen LogP contribution < -0.4 is 0 Å². The van der Waals surface area contributed by atoms with Gasteiger partial charge in [0.2, 0.25) is 0 Å².